The highest BCUT2D eigenvalue weighted by Gasteiger charge is 2.38. The number of piperazine rings is 1. The summed E-state index contributed by atoms with van der Waals surface area (Å²) in [4.78, 5) is 2.41. The van der Waals surface area contributed by atoms with Gasteiger partial charge in [-0.1, -0.05) is 27.7 Å². The van der Waals surface area contributed by atoms with Crippen LogP contribution in [0.4, 0.5) is 0 Å². The summed E-state index contributed by atoms with van der Waals surface area (Å²) in [6, 6.07) is 2.65. The van der Waals surface area contributed by atoms with E-state index in [0.29, 0.717) is 11.8 Å². The Balaban J connectivity index is 2.84. The molecule has 0 radical (unpaired) electrons. The van der Waals surface area contributed by atoms with Gasteiger partial charge >= 0.3 is 0 Å². The molecular formula is C14H27N3. The van der Waals surface area contributed by atoms with E-state index in [-0.39, 0.29) is 5.54 Å². The van der Waals surface area contributed by atoms with Crippen LogP contribution in [0.15, 0.2) is 0 Å². The van der Waals surface area contributed by atoms with Gasteiger partial charge < -0.3 is 5.32 Å². The van der Waals surface area contributed by atoms with Gasteiger partial charge in [0.25, 0.3) is 0 Å². The van der Waals surface area contributed by atoms with Crippen molar-refractivity contribution in [2.24, 2.45) is 11.8 Å². The number of nitrogens with one attached hydrogen (secondary N) is 1. The predicted molar refractivity (Wildman–Crippen MR) is 71.7 cm³/mol. The highest BCUT2D eigenvalue weighted by atomic mass is 15.2. The molecule has 3 nitrogen and oxygen atoms in total. The molecule has 0 bridgehead atoms. The van der Waals surface area contributed by atoms with E-state index < -0.39 is 0 Å². The predicted octanol–water partition coefficient (Wildman–Crippen LogP) is 2.25. The first-order valence-electron chi connectivity index (χ1n) is 6.87. The highest BCUT2D eigenvalue weighted by molar-refractivity contribution is 5.10. The van der Waals surface area contributed by atoms with E-state index in [4.69, 9.17) is 0 Å². The first kappa shape index (κ1) is 14.5. The smallest absolute Gasteiger partial charge is 0.109 e. The summed E-state index contributed by atoms with van der Waals surface area (Å²) in [5, 5.41) is 13.1. The third-order valence-electron chi connectivity index (χ3n) is 3.42. The van der Waals surface area contributed by atoms with Gasteiger partial charge in [0.05, 0.1) is 6.07 Å². The SMILES string of the molecule is CC(C)CC(C#N)(CC(C)C)N1CCNCC1. The van der Waals surface area contributed by atoms with Gasteiger partial charge in [-0.05, 0) is 24.7 Å². The van der Waals surface area contributed by atoms with Gasteiger partial charge in [0, 0.05) is 26.2 Å². The van der Waals surface area contributed by atoms with Crippen molar-refractivity contribution >= 4 is 0 Å². The van der Waals surface area contributed by atoms with Gasteiger partial charge in [-0.3, -0.25) is 4.90 Å². The lowest BCUT2D eigenvalue weighted by molar-refractivity contribution is 0.0806. The topological polar surface area (TPSA) is 39.1 Å². The number of hydrogen-bond acceptors (Lipinski definition) is 3. The summed E-state index contributed by atoms with van der Waals surface area (Å²) in [7, 11) is 0. The van der Waals surface area contributed by atoms with Gasteiger partial charge in [-0.25, -0.2) is 0 Å². The second-order valence-corrected chi connectivity index (χ2v) is 6.08. The summed E-state index contributed by atoms with van der Waals surface area (Å²) in [6.45, 7) is 12.9. The molecule has 0 aromatic carbocycles. The van der Waals surface area contributed by atoms with E-state index in [1.807, 2.05) is 0 Å². The molecule has 3 heteroatoms. The molecule has 0 aromatic rings. The van der Waals surface area contributed by atoms with E-state index in [9.17, 15) is 5.26 Å². The highest BCUT2D eigenvalue weighted by Crippen LogP contribution is 2.31. The average Bonchev–Trinajstić information content (AvgIpc) is 2.28. The molecule has 1 fully saturated rings. The van der Waals surface area contributed by atoms with Crippen LogP contribution >= 0.6 is 0 Å². The van der Waals surface area contributed by atoms with Crippen molar-refractivity contribution in [2.75, 3.05) is 26.2 Å². The largest absolute Gasteiger partial charge is 0.314 e. The third kappa shape index (κ3) is 3.97. The minimum atomic E-state index is -0.246. The zero-order valence-electron chi connectivity index (χ0n) is 11.8. The van der Waals surface area contributed by atoms with Gasteiger partial charge in [0.15, 0.2) is 0 Å². The molecular weight excluding hydrogens is 210 g/mol. The normalized spacial score (nSPS) is 18.6. The molecule has 0 aliphatic carbocycles. The van der Waals surface area contributed by atoms with E-state index in [0.717, 1.165) is 39.0 Å². The molecule has 98 valence electrons. The lowest BCUT2D eigenvalue weighted by Crippen LogP contribution is -2.56. The van der Waals surface area contributed by atoms with E-state index in [2.05, 4.69) is 44.0 Å². The second kappa shape index (κ2) is 6.37. The zero-order valence-corrected chi connectivity index (χ0v) is 11.8. The minimum Gasteiger partial charge on any atom is -0.314 e. The maximum atomic E-state index is 9.71. The Kier molecular flexibility index (Phi) is 5.42. The van der Waals surface area contributed by atoms with Crippen molar-refractivity contribution < 1.29 is 0 Å². The molecule has 1 rings (SSSR count). The molecule has 0 amide bonds. The minimum absolute atomic E-state index is 0.246. The van der Waals surface area contributed by atoms with Crippen molar-refractivity contribution in [3.8, 4) is 6.07 Å². The van der Waals surface area contributed by atoms with Crippen LogP contribution in [0, 0.1) is 23.2 Å². The Bertz CT molecular complexity index is 249. The van der Waals surface area contributed by atoms with Gasteiger partial charge in [0.2, 0.25) is 0 Å². The van der Waals surface area contributed by atoms with Crippen molar-refractivity contribution in [3.05, 3.63) is 0 Å². The van der Waals surface area contributed by atoms with Gasteiger partial charge in [0.1, 0.15) is 5.54 Å². The van der Waals surface area contributed by atoms with Crippen LogP contribution < -0.4 is 5.32 Å². The lowest BCUT2D eigenvalue weighted by atomic mass is 9.81. The molecule has 17 heavy (non-hydrogen) atoms. The van der Waals surface area contributed by atoms with Crippen molar-refractivity contribution in [3.63, 3.8) is 0 Å². The molecule has 0 saturated carbocycles. The molecule has 1 heterocycles. The molecule has 0 spiro atoms. The van der Waals surface area contributed by atoms with Crippen molar-refractivity contribution in [1.29, 1.82) is 5.26 Å². The van der Waals surface area contributed by atoms with Crippen molar-refractivity contribution in [2.45, 2.75) is 46.1 Å². The summed E-state index contributed by atoms with van der Waals surface area (Å²) in [5.74, 6) is 1.14. The van der Waals surface area contributed by atoms with Gasteiger partial charge in [-0.2, -0.15) is 5.26 Å². The van der Waals surface area contributed by atoms with Crippen LogP contribution in [0.5, 0.6) is 0 Å². The van der Waals surface area contributed by atoms with Crippen LogP contribution in [0.25, 0.3) is 0 Å². The quantitative estimate of drug-likeness (QED) is 0.797. The number of nitrogens with zero attached hydrogens (tertiary/aromatic N) is 2. The first-order chi connectivity index (χ1) is 8.00. The maximum absolute atomic E-state index is 9.71. The van der Waals surface area contributed by atoms with Crippen LogP contribution in [0.2, 0.25) is 0 Å². The number of rotatable bonds is 5. The molecule has 0 unspecified atom stereocenters. The second-order valence-electron chi connectivity index (χ2n) is 6.08. The molecule has 0 atom stereocenters. The Morgan fingerprint density at radius 3 is 1.94 bits per heavy atom. The van der Waals surface area contributed by atoms with E-state index >= 15 is 0 Å². The molecule has 1 saturated heterocycles. The fourth-order valence-electron chi connectivity index (χ4n) is 2.95. The summed E-state index contributed by atoms with van der Waals surface area (Å²) in [5.41, 5.74) is -0.246. The Labute approximate surface area is 106 Å². The molecule has 1 N–H and O–H groups in total. The molecule has 1 aliphatic rings. The van der Waals surface area contributed by atoms with Gasteiger partial charge in [-0.15, -0.1) is 0 Å². The summed E-state index contributed by atoms with van der Waals surface area (Å²) >= 11 is 0. The lowest BCUT2D eigenvalue weighted by Gasteiger charge is -2.43. The molecule has 0 aromatic heterocycles. The van der Waals surface area contributed by atoms with Crippen LogP contribution in [0.3, 0.4) is 0 Å². The monoisotopic (exact) mass is 237 g/mol. The Morgan fingerprint density at radius 2 is 1.59 bits per heavy atom. The fraction of sp³-hybridized carbons (Fsp3) is 0.929. The Morgan fingerprint density at radius 1 is 1.12 bits per heavy atom. The van der Waals surface area contributed by atoms with E-state index in [1.54, 1.807) is 0 Å². The van der Waals surface area contributed by atoms with Crippen LogP contribution in [-0.4, -0.2) is 36.6 Å². The average molecular weight is 237 g/mol. The van der Waals surface area contributed by atoms with Crippen LogP contribution in [0.1, 0.15) is 40.5 Å². The molecule has 1 aliphatic heterocycles. The fourth-order valence-corrected chi connectivity index (χ4v) is 2.95. The maximum Gasteiger partial charge on any atom is 0.109 e. The first-order valence-corrected chi connectivity index (χ1v) is 6.87. The number of hydrogen-bond donors (Lipinski definition) is 1. The Hall–Kier alpha value is -0.590. The summed E-state index contributed by atoms with van der Waals surface area (Å²) < 4.78 is 0. The summed E-state index contributed by atoms with van der Waals surface area (Å²) in [6.07, 6.45) is 1.98. The zero-order chi connectivity index (χ0) is 12.9. The third-order valence-corrected chi connectivity index (χ3v) is 3.42. The van der Waals surface area contributed by atoms with Crippen LogP contribution in [-0.2, 0) is 0 Å². The van der Waals surface area contributed by atoms with E-state index in [1.165, 1.54) is 0 Å². The number of nitriles is 1. The standard InChI is InChI=1S/C14H27N3/c1-12(2)9-14(11-15,10-13(3)4)17-7-5-16-6-8-17/h12-13,16H,5-10H2,1-4H3. The van der Waals surface area contributed by atoms with Crippen molar-refractivity contribution in [1.82, 2.24) is 10.2 Å².